The maximum Gasteiger partial charge on any atom is 0.255 e. The number of hydrogen-bond acceptors (Lipinski definition) is 5. The van der Waals surface area contributed by atoms with Crippen LogP contribution in [0.3, 0.4) is 0 Å². The molecule has 27 heavy (non-hydrogen) atoms. The molecule has 0 saturated carbocycles. The Morgan fingerprint density at radius 3 is 2.85 bits per heavy atom. The van der Waals surface area contributed by atoms with E-state index in [9.17, 15) is 4.79 Å². The molecule has 1 aliphatic heterocycles. The highest BCUT2D eigenvalue weighted by Crippen LogP contribution is 2.31. The van der Waals surface area contributed by atoms with Crippen LogP contribution in [0.15, 0.2) is 24.4 Å². The molecular formula is C20H25N5OS. The van der Waals surface area contributed by atoms with Gasteiger partial charge in [-0.25, -0.2) is 9.67 Å². The van der Waals surface area contributed by atoms with E-state index in [0.29, 0.717) is 5.56 Å². The molecule has 3 aromatic heterocycles. The van der Waals surface area contributed by atoms with Gasteiger partial charge in [0.2, 0.25) is 0 Å². The fraction of sp³-hybridized carbons (Fsp3) is 0.450. The second-order valence-electron chi connectivity index (χ2n) is 7.44. The molecule has 0 bridgehead atoms. The predicted molar refractivity (Wildman–Crippen MR) is 109 cm³/mol. The van der Waals surface area contributed by atoms with Crippen molar-refractivity contribution in [2.75, 3.05) is 19.6 Å². The molecule has 0 radical (unpaired) electrons. The van der Waals surface area contributed by atoms with Crippen molar-refractivity contribution in [2.24, 2.45) is 0 Å². The van der Waals surface area contributed by atoms with Crippen molar-refractivity contribution in [1.29, 1.82) is 0 Å². The van der Waals surface area contributed by atoms with Crippen LogP contribution < -0.4 is 5.32 Å². The van der Waals surface area contributed by atoms with Crippen LogP contribution in [-0.2, 0) is 0 Å². The number of aryl methyl sites for hydroxylation is 1. The number of rotatable bonds is 3. The minimum Gasteiger partial charge on any atom is -0.333 e. The van der Waals surface area contributed by atoms with Crippen LogP contribution in [-0.4, -0.2) is 51.2 Å². The minimum absolute atomic E-state index is 0.0641. The van der Waals surface area contributed by atoms with Crippen LogP contribution in [0.5, 0.6) is 0 Å². The zero-order valence-corrected chi connectivity index (χ0v) is 17.0. The summed E-state index contributed by atoms with van der Waals surface area (Å²) in [6.07, 6.45) is 1.78. The highest BCUT2D eigenvalue weighted by molar-refractivity contribution is 7.15. The summed E-state index contributed by atoms with van der Waals surface area (Å²) >= 11 is 1.70. The van der Waals surface area contributed by atoms with Crippen molar-refractivity contribution >= 4 is 28.3 Å². The van der Waals surface area contributed by atoms with E-state index < -0.39 is 0 Å². The van der Waals surface area contributed by atoms with Gasteiger partial charge in [0.25, 0.3) is 5.91 Å². The molecule has 1 amide bonds. The van der Waals surface area contributed by atoms with E-state index >= 15 is 0 Å². The highest BCUT2D eigenvalue weighted by Gasteiger charge is 2.27. The van der Waals surface area contributed by atoms with Crippen LogP contribution in [0.4, 0.5) is 0 Å². The van der Waals surface area contributed by atoms with Crippen LogP contribution in [0.25, 0.3) is 21.6 Å². The first kappa shape index (κ1) is 18.1. The smallest absolute Gasteiger partial charge is 0.255 e. The maximum atomic E-state index is 13.4. The molecule has 4 heterocycles. The van der Waals surface area contributed by atoms with Crippen molar-refractivity contribution in [3.8, 4) is 10.6 Å². The van der Waals surface area contributed by atoms with Crippen molar-refractivity contribution in [2.45, 2.75) is 39.8 Å². The van der Waals surface area contributed by atoms with Gasteiger partial charge in [-0.1, -0.05) is 0 Å². The SMILES string of the molecule is Cc1ccc(-c2cc(C(=O)N3CCNC[C@H]3C)c3cnn(C(C)C)c3n2)s1. The number of aromatic nitrogens is 3. The minimum atomic E-state index is 0.0641. The lowest BCUT2D eigenvalue weighted by Crippen LogP contribution is -2.52. The third kappa shape index (κ3) is 3.26. The Bertz CT molecular complexity index is 990. The Morgan fingerprint density at radius 1 is 1.37 bits per heavy atom. The molecule has 7 heteroatoms. The first-order chi connectivity index (χ1) is 13.0. The van der Waals surface area contributed by atoms with Gasteiger partial charge in [-0.3, -0.25) is 4.79 Å². The summed E-state index contributed by atoms with van der Waals surface area (Å²) in [5.74, 6) is 0.0641. The van der Waals surface area contributed by atoms with E-state index in [1.54, 1.807) is 17.5 Å². The lowest BCUT2D eigenvalue weighted by molar-refractivity contribution is 0.0658. The fourth-order valence-corrected chi connectivity index (χ4v) is 4.40. The summed E-state index contributed by atoms with van der Waals surface area (Å²) < 4.78 is 1.90. The van der Waals surface area contributed by atoms with Crippen molar-refractivity contribution in [3.63, 3.8) is 0 Å². The molecule has 6 nitrogen and oxygen atoms in total. The van der Waals surface area contributed by atoms with Crippen LogP contribution in [0, 0.1) is 6.92 Å². The van der Waals surface area contributed by atoms with Gasteiger partial charge in [-0.15, -0.1) is 11.3 Å². The van der Waals surface area contributed by atoms with Gasteiger partial charge in [0.1, 0.15) is 0 Å². The van der Waals surface area contributed by atoms with Gasteiger partial charge >= 0.3 is 0 Å². The fourth-order valence-electron chi connectivity index (χ4n) is 3.57. The van der Waals surface area contributed by atoms with E-state index in [1.807, 2.05) is 15.6 Å². The molecule has 3 aromatic rings. The van der Waals surface area contributed by atoms with E-state index in [1.165, 1.54) is 4.88 Å². The van der Waals surface area contributed by atoms with Gasteiger partial charge < -0.3 is 10.2 Å². The number of hydrogen-bond donors (Lipinski definition) is 1. The summed E-state index contributed by atoms with van der Waals surface area (Å²) in [7, 11) is 0. The monoisotopic (exact) mass is 383 g/mol. The standard InChI is InChI=1S/C20H25N5OS/c1-12(2)25-19-16(11-22-25)15(20(26)24-8-7-21-10-13(24)3)9-17(23-19)18-6-5-14(4)27-18/h5-6,9,11-13,21H,7-8,10H2,1-4H3/t13-/m1/s1. The number of piperazine rings is 1. The third-order valence-corrected chi connectivity index (χ3v) is 6.06. The molecule has 1 saturated heterocycles. The Balaban J connectivity index is 1.88. The Hall–Kier alpha value is -2.25. The zero-order valence-electron chi connectivity index (χ0n) is 16.2. The van der Waals surface area contributed by atoms with Gasteiger partial charge in [-0.2, -0.15) is 5.10 Å². The number of thiophene rings is 1. The molecule has 0 unspecified atom stereocenters. The van der Waals surface area contributed by atoms with Gasteiger partial charge in [0, 0.05) is 36.6 Å². The number of pyridine rings is 1. The number of fused-ring (bicyclic) bond motifs is 1. The number of nitrogens with one attached hydrogen (secondary N) is 1. The Kier molecular flexibility index (Phi) is 4.74. The second-order valence-corrected chi connectivity index (χ2v) is 8.73. The molecule has 1 atom stereocenters. The van der Waals surface area contributed by atoms with Crippen LogP contribution in [0.1, 0.15) is 42.0 Å². The third-order valence-electron chi connectivity index (χ3n) is 5.04. The lowest BCUT2D eigenvalue weighted by Gasteiger charge is -2.34. The van der Waals surface area contributed by atoms with Crippen LogP contribution >= 0.6 is 11.3 Å². The van der Waals surface area contributed by atoms with Crippen molar-refractivity contribution < 1.29 is 4.79 Å². The molecule has 1 aliphatic rings. The summed E-state index contributed by atoms with van der Waals surface area (Å²) in [5.41, 5.74) is 2.32. The quantitative estimate of drug-likeness (QED) is 0.752. The second kappa shape index (κ2) is 7.05. The highest BCUT2D eigenvalue weighted by atomic mass is 32.1. The Labute approximate surface area is 163 Å². The molecule has 1 fully saturated rings. The first-order valence-corrected chi connectivity index (χ1v) is 10.2. The van der Waals surface area contributed by atoms with E-state index in [0.717, 1.165) is 41.2 Å². The topological polar surface area (TPSA) is 63.1 Å². The molecule has 4 rings (SSSR count). The zero-order chi connectivity index (χ0) is 19.1. The number of nitrogens with zero attached hydrogens (tertiary/aromatic N) is 4. The summed E-state index contributed by atoms with van der Waals surface area (Å²) in [4.78, 5) is 22.6. The molecule has 0 aromatic carbocycles. The van der Waals surface area contributed by atoms with Crippen LogP contribution in [0.2, 0.25) is 0 Å². The first-order valence-electron chi connectivity index (χ1n) is 9.42. The van der Waals surface area contributed by atoms with E-state index in [4.69, 9.17) is 4.98 Å². The molecule has 142 valence electrons. The molecule has 1 N–H and O–H groups in total. The van der Waals surface area contributed by atoms with Crippen molar-refractivity contribution in [1.82, 2.24) is 25.0 Å². The van der Waals surface area contributed by atoms with E-state index in [2.05, 4.69) is 50.2 Å². The van der Waals surface area contributed by atoms with Gasteiger partial charge in [-0.05, 0) is 45.9 Å². The maximum absolute atomic E-state index is 13.4. The normalized spacial score (nSPS) is 17.8. The summed E-state index contributed by atoms with van der Waals surface area (Å²) in [6, 6.07) is 6.45. The molecular weight excluding hydrogens is 358 g/mol. The number of carbonyl (C=O) groups is 1. The lowest BCUT2D eigenvalue weighted by atomic mass is 10.1. The van der Waals surface area contributed by atoms with Crippen molar-refractivity contribution in [3.05, 3.63) is 34.8 Å². The average Bonchev–Trinajstić information content (AvgIpc) is 3.27. The van der Waals surface area contributed by atoms with Gasteiger partial charge in [0.05, 0.1) is 27.7 Å². The summed E-state index contributed by atoms with van der Waals surface area (Å²) in [5, 5.41) is 8.69. The number of amides is 1. The predicted octanol–water partition coefficient (Wildman–Crippen LogP) is 3.48. The Morgan fingerprint density at radius 2 is 2.19 bits per heavy atom. The van der Waals surface area contributed by atoms with Gasteiger partial charge in [0.15, 0.2) is 5.65 Å². The van der Waals surface area contributed by atoms with E-state index in [-0.39, 0.29) is 18.0 Å². The number of carbonyl (C=O) groups excluding carboxylic acids is 1. The largest absolute Gasteiger partial charge is 0.333 e. The summed E-state index contributed by atoms with van der Waals surface area (Å²) in [6.45, 7) is 10.7. The average molecular weight is 384 g/mol. The molecule has 0 spiro atoms. The molecule has 0 aliphatic carbocycles.